The van der Waals surface area contributed by atoms with Gasteiger partial charge in [-0.25, -0.2) is 22.8 Å². The second kappa shape index (κ2) is 10.3. The third-order valence-corrected chi connectivity index (χ3v) is 7.85. The van der Waals surface area contributed by atoms with Crippen LogP contribution in [0.3, 0.4) is 0 Å². The molecular formula is C26H29FN4O4S. The zero-order valence-corrected chi connectivity index (χ0v) is 21.5. The summed E-state index contributed by atoms with van der Waals surface area (Å²) in [6.07, 6.45) is 3.48. The lowest BCUT2D eigenvalue weighted by Gasteiger charge is -2.28. The summed E-state index contributed by atoms with van der Waals surface area (Å²) in [7, 11) is -0.429. The van der Waals surface area contributed by atoms with Crippen LogP contribution in [0.25, 0.3) is 0 Å². The topological polar surface area (TPSA) is 101 Å². The van der Waals surface area contributed by atoms with E-state index < -0.39 is 21.9 Å². The van der Waals surface area contributed by atoms with Crippen LogP contribution in [-0.2, 0) is 22.9 Å². The highest BCUT2D eigenvalue weighted by atomic mass is 32.2. The number of hydrogen-bond donors (Lipinski definition) is 1. The molecule has 190 valence electrons. The minimum absolute atomic E-state index is 0.00801. The van der Waals surface area contributed by atoms with E-state index in [0.29, 0.717) is 29.8 Å². The summed E-state index contributed by atoms with van der Waals surface area (Å²) in [5, 5.41) is 3.04. The molecule has 1 aliphatic rings. The van der Waals surface area contributed by atoms with E-state index in [1.54, 1.807) is 32.2 Å². The maximum atomic E-state index is 14.8. The van der Waals surface area contributed by atoms with E-state index in [0.717, 1.165) is 17.3 Å². The molecule has 0 bridgehead atoms. The van der Waals surface area contributed by atoms with E-state index in [4.69, 9.17) is 4.74 Å². The Kier molecular flexibility index (Phi) is 7.37. The Morgan fingerprint density at radius 3 is 2.69 bits per heavy atom. The van der Waals surface area contributed by atoms with Gasteiger partial charge in [0.25, 0.3) is 0 Å². The molecule has 10 heteroatoms. The van der Waals surface area contributed by atoms with E-state index in [-0.39, 0.29) is 29.8 Å². The van der Waals surface area contributed by atoms with Gasteiger partial charge in [0.05, 0.1) is 37.0 Å². The number of methoxy groups -OCH3 is 1. The highest BCUT2D eigenvalue weighted by Crippen LogP contribution is 2.42. The molecule has 2 aromatic carbocycles. The van der Waals surface area contributed by atoms with Crippen molar-refractivity contribution in [3.05, 3.63) is 76.9 Å². The number of ether oxygens (including phenoxy) is 1. The molecule has 0 spiro atoms. The molecule has 0 radical (unpaired) electrons. The number of carbonyl (C=O) groups is 1. The molecular weight excluding hydrogens is 483 g/mol. The van der Waals surface area contributed by atoms with Crippen LogP contribution < -0.4 is 10.1 Å². The second-order valence-electron chi connectivity index (χ2n) is 8.90. The third-order valence-electron chi connectivity index (χ3n) is 6.58. The molecule has 1 heterocycles. The number of ketones is 1. The van der Waals surface area contributed by atoms with E-state index in [1.165, 1.54) is 17.7 Å². The number of aromatic nitrogens is 2. The standard InChI is InChI=1S/C26H29FN4O4S/c1-5-23(32)17-10-11-21(24(14-17)35-3)29-26-28-15-20(27)22(30-26)13-18-12-16-8-6-7-9-19(16)25(18)31(2)36(4,33)34/h6-11,14-15,18,25H,5,12-13H2,1-4H3,(H,28,29,30)/t18-,25-/m0/s1. The van der Waals surface area contributed by atoms with Crippen LogP contribution in [-0.4, -0.2) is 48.9 Å². The van der Waals surface area contributed by atoms with Crippen LogP contribution in [0.1, 0.15) is 46.6 Å². The summed E-state index contributed by atoms with van der Waals surface area (Å²) >= 11 is 0. The maximum absolute atomic E-state index is 14.8. The first-order valence-electron chi connectivity index (χ1n) is 11.6. The van der Waals surface area contributed by atoms with Crippen LogP contribution in [0.15, 0.2) is 48.7 Å². The number of nitrogens with one attached hydrogen (secondary N) is 1. The van der Waals surface area contributed by atoms with Gasteiger partial charge in [0.2, 0.25) is 16.0 Å². The van der Waals surface area contributed by atoms with Crippen LogP contribution in [0.5, 0.6) is 5.75 Å². The van der Waals surface area contributed by atoms with Crippen molar-refractivity contribution in [1.29, 1.82) is 0 Å². The number of hydrogen-bond acceptors (Lipinski definition) is 7. The van der Waals surface area contributed by atoms with Crippen LogP contribution >= 0.6 is 0 Å². The first kappa shape index (κ1) is 25.7. The number of nitrogens with zero attached hydrogens (tertiary/aromatic N) is 3. The van der Waals surface area contributed by atoms with Crippen molar-refractivity contribution in [3.8, 4) is 5.75 Å². The number of anilines is 2. The number of fused-ring (bicyclic) bond motifs is 1. The summed E-state index contributed by atoms with van der Waals surface area (Å²) in [5.41, 5.74) is 3.22. The molecule has 4 rings (SSSR count). The molecule has 0 amide bonds. The van der Waals surface area contributed by atoms with Gasteiger partial charge in [-0.3, -0.25) is 4.79 Å². The van der Waals surface area contributed by atoms with E-state index in [2.05, 4.69) is 15.3 Å². The van der Waals surface area contributed by atoms with Crippen molar-refractivity contribution in [2.75, 3.05) is 25.7 Å². The van der Waals surface area contributed by atoms with Gasteiger partial charge in [-0.2, -0.15) is 4.31 Å². The zero-order chi connectivity index (χ0) is 26.0. The minimum Gasteiger partial charge on any atom is -0.495 e. The first-order chi connectivity index (χ1) is 17.1. The molecule has 1 aliphatic carbocycles. The van der Waals surface area contributed by atoms with Gasteiger partial charge in [0.15, 0.2) is 11.6 Å². The lowest BCUT2D eigenvalue weighted by Crippen LogP contribution is -2.34. The highest BCUT2D eigenvalue weighted by molar-refractivity contribution is 7.88. The number of benzene rings is 2. The lowest BCUT2D eigenvalue weighted by atomic mass is 9.95. The quantitative estimate of drug-likeness (QED) is 0.426. The fraction of sp³-hybridized carbons (Fsp3) is 0.346. The molecule has 1 aromatic heterocycles. The average Bonchev–Trinajstić information content (AvgIpc) is 3.22. The maximum Gasteiger partial charge on any atom is 0.227 e. The fourth-order valence-electron chi connectivity index (χ4n) is 4.69. The minimum atomic E-state index is -3.48. The Morgan fingerprint density at radius 1 is 1.25 bits per heavy atom. The number of Topliss-reactive ketones (excluding diaryl/α,β-unsaturated/α-hetero) is 1. The number of carbonyl (C=O) groups excluding carboxylic acids is 1. The van der Waals surface area contributed by atoms with Crippen LogP contribution in [0.2, 0.25) is 0 Å². The largest absolute Gasteiger partial charge is 0.495 e. The summed E-state index contributed by atoms with van der Waals surface area (Å²) in [6.45, 7) is 1.79. The van der Waals surface area contributed by atoms with Crippen LogP contribution in [0, 0.1) is 11.7 Å². The van der Waals surface area contributed by atoms with Gasteiger partial charge in [-0.05, 0) is 48.1 Å². The molecule has 2 atom stereocenters. The third kappa shape index (κ3) is 5.24. The predicted molar refractivity (Wildman–Crippen MR) is 136 cm³/mol. The van der Waals surface area contributed by atoms with Crippen molar-refractivity contribution in [2.24, 2.45) is 5.92 Å². The molecule has 8 nitrogen and oxygen atoms in total. The molecule has 0 aliphatic heterocycles. The molecule has 0 saturated heterocycles. The van der Waals surface area contributed by atoms with Crippen molar-refractivity contribution in [1.82, 2.24) is 14.3 Å². The number of halogens is 1. The summed E-state index contributed by atoms with van der Waals surface area (Å²) in [5.74, 6) is -0.166. The van der Waals surface area contributed by atoms with Gasteiger partial charge < -0.3 is 10.1 Å². The number of rotatable bonds is 9. The normalized spacial score (nSPS) is 17.2. The van der Waals surface area contributed by atoms with Gasteiger partial charge in [-0.15, -0.1) is 0 Å². The summed E-state index contributed by atoms with van der Waals surface area (Å²) in [4.78, 5) is 20.5. The molecule has 3 aromatic rings. The molecule has 0 saturated carbocycles. The Bertz CT molecular complexity index is 1400. The Morgan fingerprint density at radius 2 is 2.00 bits per heavy atom. The number of sulfonamides is 1. The van der Waals surface area contributed by atoms with Crippen molar-refractivity contribution in [2.45, 2.75) is 32.2 Å². The van der Waals surface area contributed by atoms with E-state index in [9.17, 15) is 17.6 Å². The van der Waals surface area contributed by atoms with Gasteiger partial charge >= 0.3 is 0 Å². The summed E-state index contributed by atoms with van der Waals surface area (Å²) < 4.78 is 46.4. The van der Waals surface area contributed by atoms with Gasteiger partial charge in [-0.1, -0.05) is 31.2 Å². The Hall–Kier alpha value is -3.37. The Balaban J connectivity index is 1.62. The Labute approximate surface area is 210 Å². The highest BCUT2D eigenvalue weighted by Gasteiger charge is 2.38. The van der Waals surface area contributed by atoms with Crippen molar-refractivity contribution >= 4 is 27.4 Å². The van der Waals surface area contributed by atoms with Crippen molar-refractivity contribution in [3.63, 3.8) is 0 Å². The smallest absolute Gasteiger partial charge is 0.227 e. The van der Waals surface area contributed by atoms with Gasteiger partial charge in [0.1, 0.15) is 5.75 Å². The predicted octanol–water partition coefficient (Wildman–Crippen LogP) is 4.31. The zero-order valence-electron chi connectivity index (χ0n) is 20.7. The molecule has 36 heavy (non-hydrogen) atoms. The van der Waals surface area contributed by atoms with E-state index in [1.807, 2.05) is 24.3 Å². The van der Waals surface area contributed by atoms with Gasteiger partial charge in [0, 0.05) is 19.0 Å². The van der Waals surface area contributed by atoms with Crippen molar-refractivity contribution < 1.29 is 22.3 Å². The summed E-state index contributed by atoms with van der Waals surface area (Å²) in [6, 6.07) is 12.3. The molecule has 0 fully saturated rings. The fourth-order valence-corrected chi connectivity index (χ4v) is 5.38. The monoisotopic (exact) mass is 512 g/mol. The average molecular weight is 513 g/mol. The van der Waals surface area contributed by atoms with E-state index >= 15 is 0 Å². The first-order valence-corrected chi connectivity index (χ1v) is 13.5. The lowest BCUT2D eigenvalue weighted by molar-refractivity contribution is 0.0988. The molecule has 1 N–H and O–H groups in total. The van der Waals surface area contributed by atoms with Crippen LogP contribution in [0.4, 0.5) is 16.0 Å². The molecule has 0 unspecified atom stereocenters. The second-order valence-corrected chi connectivity index (χ2v) is 10.9. The SMILES string of the molecule is CCC(=O)c1ccc(Nc2ncc(F)c(C[C@@H]3Cc4ccccc4[C@H]3N(C)S(C)(=O)=O)n2)c(OC)c1.